The van der Waals surface area contributed by atoms with Gasteiger partial charge < -0.3 is 4.42 Å². The highest BCUT2D eigenvalue weighted by Gasteiger charge is 2.18. The SMILES string of the molecule is Cc1ccc(CNS(=O)(=O)c2ccc(-c3ccc(=O)[nH]n3)s2)o1. The first-order chi connectivity index (χ1) is 10.9. The number of aromatic nitrogens is 2. The molecule has 0 radical (unpaired) electrons. The molecule has 3 rings (SSSR count). The molecule has 0 aliphatic rings. The van der Waals surface area contributed by atoms with Crippen LogP contribution in [-0.4, -0.2) is 18.6 Å². The normalized spacial score (nSPS) is 11.7. The van der Waals surface area contributed by atoms with Gasteiger partial charge >= 0.3 is 0 Å². The molecular formula is C14H13N3O4S2. The molecule has 0 fully saturated rings. The minimum Gasteiger partial charge on any atom is -0.465 e. The van der Waals surface area contributed by atoms with Gasteiger partial charge in [0.2, 0.25) is 10.0 Å². The monoisotopic (exact) mass is 351 g/mol. The second-order valence-corrected chi connectivity index (χ2v) is 7.84. The summed E-state index contributed by atoms with van der Waals surface area (Å²) >= 11 is 1.07. The van der Waals surface area contributed by atoms with E-state index in [2.05, 4.69) is 14.9 Å². The average Bonchev–Trinajstić information content (AvgIpc) is 3.15. The molecule has 9 heteroatoms. The number of H-pyrrole nitrogens is 1. The number of nitrogens with one attached hydrogen (secondary N) is 2. The van der Waals surface area contributed by atoms with E-state index in [1.54, 1.807) is 31.2 Å². The highest BCUT2D eigenvalue weighted by Crippen LogP contribution is 2.28. The average molecular weight is 351 g/mol. The number of furan rings is 1. The van der Waals surface area contributed by atoms with Crippen molar-refractivity contribution >= 4 is 21.4 Å². The first-order valence-corrected chi connectivity index (χ1v) is 8.95. The van der Waals surface area contributed by atoms with Crippen LogP contribution in [0.25, 0.3) is 10.6 Å². The standard InChI is InChI=1S/C14H13N3O4S2/c1-9-2-3-10(21-9)8-15-23(19,20)14-7-5-12(22-14)11-4-6-13(18)17-16-11/h2-7,15H,8H2,1H3,(H,17,18). The van der Waals surface area contributed by atoms with Gasteiger partial charge in [-0.25, -0.2) is 18.2 Å². The van der Waals surface area contributed by atoms with Gasteiger partial charge in [-0.2, -0.15) is 5.10 Å². The van der Waals surface area contributed by atoms with Gasteiger partial charge in [-0.15, -0.1) is 11.3 Å². The molecule has 0 atom stereocenters. The third-order valence-electron chi connectivity index (χ3n) is 3.01. The zero-order valence-corrected chi connectivity index (χ0v) is 13.7. The molecule has 0 aliphatic heterocycles. The highest BCUT2D eigenvalue weighted by molar-refractivity contribution is 7.91. The molecule has 0 amide bonds. The third kappa shape index (κ3) is 3.58. The van der Waals surface area contributed by atoms with Gasteiger partial charge in [0, 0.05) is 6.07 Å². The van der Waals surface area contributed by atoms with Gasteiger partial charge in [0.05, 0.1) is 11.4 Å². The van der Waals surface area contributed by atoms with E-state index in [1.807, 2.05) is 0 Å². The predicted molar refractivity (Wildman–Crippen MR) is 85.6 cm³/mol. The molecule has 120 valence electrons. The summed E-state index contributed by atoms with van der Waals surface area (Å²) in [6.07, 6.45) is 0. The molecule has 7 nitrogen and oxygen atoms in total. The first kappa shape index (κ1) is 15.7. The third-order valence-corrected chi connectivity index (χ3v) is 6.01. The second-order valence-electron chi connectivity index (χ2n) is 4.76. The molecule has 3 heterocycles. The van der Waals surface area contributed by atoms with Crippen LogP contribution < -0.4 is 10.3 Å². The molecule has 0 aromatic carbocycles. The number of aromatic amines is 1. The Morgan fingerprint density at radius 3 is 2.70 bits per heavy atom. The van der Waals surface area contributed by atoms with Crippen molar-refractivity contribution in [3.05, 3.63) is 58.3 Å². The van der Waals surface area contributed by atoms with Crippen molar-refractivity contribution in [2.75, 3.05) is 0 Å². The zero-order valence-electron chi connectivity index (χ0n) is 12.1. The molecule has 0 spiro atoms. The smallest absolute Gasteiger partial charge is 0.264 e. The van der Waals surface area contributed by atoms with E-state index >= 15 is 0 Å². The summed E-state index contributed by atoms with van der Waals surface area (Å²) in [5, 5.41) is 6.20. The lowest BCUT2D eigenvalue weighted by Crippen LogP contribution is -2.22. The second kappa shape index (κ2) is 6.11. The van der Waals surface area contributed by atoms with Crippen molar-refractivity contribution in [3.63, 3.8) is 0 Å². The van der Waals surface area contributed by atoms with E-state index in [0.29, 0.717) is 16.3 Å². The summed E-state index contributed by atoms with van der Waals surface area (Å²) in [6, 6.07) is 9.53. The molecule has 2 N–H and O–H groups in total. The maximum Gasteiger partial charge on any atom is 0.264 e. The van der Waals surface area contributed by atoms with Crippen LogP contribution in [0.15, 0.2) is 49.8 Å². The van der Waals surface area contributed by atoms with E-state index in [-0.39, 0.29) is 16.3 Å². The Morgan fingerprint density at radius 2 is 2.04 bits per heavy atom. The number of hydrogen-bond acceptors (Lipinski definition) is 6. The highest BCUT2D eigenvalue weighted by atomic mass is 32.2. The summed E-state index contributed by atoms with van der Waals surface area (Å²) in [6.45, 7) is 1.88. The molecule has 0 aliphatic carbocycles. The van der Waals surface area contributed by atoms with E-state index in [0.717, 1.165) is 17.1 Å². The largest absolute Gasteiger partial charge is 0.465 e. The number of rotatable bonds is 5. The Bertz CT molecular complexity index is 965. The van der Waals surface area contributed by atoms with Crippen LogP contribution in [0.1, 0.15) is 11.5 Å². The maximum absolute atomic E-state index is 12.3. The molecule has 3 aromatic rings. The summed E-state index contributed by atoms with van der Waals surface area (Å²) in [4.78, 5) is 11.7. The van der Waals surface area contributed by atoms with Gasteiger partial charge in [-0.3, -0.25) is 4.79 Å². The number of nitrogens with zero attached hydrogens (tertiary/aromatic N) is 1. The van der Waals surface area contributed by atoms with Gasteiger partial charge in [0.1, 0.15) is 21.4 Å². The quantitative estimate of drug-likeness (QED) is 0.730. The number of sulfonamides is 1. The summed E-state index contributed by atoms with van der Waals surface area (Å²) in [7, 11) is -3.64. The van der Waals surface area contributed by atoms with Crippen LogP contribution >= 0.6 is 11.3 Å². The van der Waals surface area contributed by atoms with E-state index in [9.17, 15) is 13.2 Å². The topological polar surface area (TPSA) is 105 Å². The van der Waals surface area contributed by atoms with Crippen LogP contribution in [0.4, 0.5) is 0 Å². The van der Waals surface area contributed by atoms with Crippen molar-refractivity contribution in [3.8, 4) is 10.6 Å². The summed E-state index contributed by atoms with van der Waals surface area (Å²) < 4.78 is 32.6. The zero-order chi connectivity index (χ0) is 16.4. The first-order valence-electron chi connectivity index (χ1n) is 6.65. The number of aryl methyl sites for hydroxylation is 1. The fraction of sp³-hybridized carbons (Fsp3) is 0.143. The van der Waals surface area contributed by atoms with Gasteiger partial charge in [0.25, 0.3) is 5.56 Å². The summed E-state index contributed by atoms with van der Waals surface area (Å²) in [5.74, 6) is 1.27. The fourth-order valence-electron chi connectivity index (χ4n) is 1.90. The molecule has 0 saturated carbocycles. The predicted octanol–water partition coefficient (Wildman–Crippen LogP) is 1.88. The van der Waals surface area contributed by atoms with Crippen molar-refractivity contribution in [1.29, 1.82) is 0 Å². The maximum atomic E-state index is 12.3. The Hall–Kier alpha value is -2.23. The Kier molecular flexibility index (Phi) is 4.16. The van der Waals surface area contributed by atoms with E-state index < -0.39 is 10.0 Å². The van der Waals surface area contributed by atoms with Crippen LogP contribution in [0, 0.1) is 6.92 Å². The number of thiophene rings is 1. The number of hydrogen-bond donors (Lipinski definition) is 2. The van der Waals surface area contributed by atoms with Crippen LogP contribution in [0.5, 0.6) is 0 Å². The Balaban J connectivity index is 1.78. The molecule has 0 saturated heterocycles. The molecule has 23 heavy (non-hydrogen) atoms. The van der Waals surface area contributed by atoms with Crippen molar-refractivity contribution < 1.29 is 12.8 Å². The van der Waals surface area contributed by atoms with Crippen molar-refractivity contribution in [2.45, 2.75) is 17.7 Å². The lowest BCUT2D eigenvalue weighted by Gasteiger charge is -2.02. The Labute approximate surface area is 136 Å². The van der Waals surface area contributed by atoms with Crippen LogP contribution in [-0.2, 0) is 16.6 Å². The lowest BCUT2D eigenvalue weighted by atomic mass is 10.3. The lowest BCUT2D eigenvalue weighted by molar-refractivity contribution is 0.475. The molecule has 0 unspecified atom stereocenters. The van der Waals surface area contributed by atoms with E-state index in [4.69, 9.17) is 4.42 Å². The van der Waals surface area contributed by atoms with Crippen LogP contribution in [0.3, 0.4) is 0 Å². The minimum absolute atomic E-state index is 0.0836. The van der Waals surface area contributed by atoms with Gasteiger partial charge in [-0.1, -0.05) is 0 Å². The van der Waals surface area contributed by atoms with E-state index in [1.165, 1.54) is 12.1 Å². The van der Waals surface area contributed by atoms with Crippen molar-refractivity contribution in [1.82, 2.24) is 14.9 Å². The van der Waals surface area contributed by atoms with Gasteiger partial charge in [0.15, 0.2) is 0 Å². The molecule has 0 bridgehead atoms. The molecular weight excluding hydrogens is 338 g/mol. The van der Waals surface area contributed by atoms with Gasteiger partial charge in [-0.05, 0) is 37.3 Å². The van der Waals surface area contributed by atoms with Crippen LogP contribution in [0.2, 0.25) is 0 Å². The molecule has 3 aromatic heterocycles. The fourth-order valence-corrected chi connectivity index (χ4v) is 4.22. The summed E-state index contributed by atoms with van der Waals surface area (Å²) in [5.41, 5.74) is 0.200. The van der Waals surface area contributed by atoms with Crippen molar-refractivity contribution in [2.24, 2.45) is 0 Å². The minimum atomic E-state index is -3.64. The Morgan fingerprint density at radius 1 is 1.22 bits per heavy atom.